The molecule has 1 amide bonds. The molecule has 0 saturated carbocycles. The Balaban J connectivity index is 2.03. The molecule has 4 heteroatoms. The molecule has 0 aromatic heterocycles. The van der Waals surface area contributed by atoms with E-state index in [1.807, 2.05) is 25.1 Å². The number of carbonyl (C=O) groups is 1. The van der Waals surface area contributed by atoms with Crippen LogP contribution in [0.2, 0.25) is 0 Å². The van der Waals surface area contributed by atoms with Crippen molar-refractivity contribution in [3.63, 3.8) is 0 Å². The van der Waals surface area contributed by atoms with Gasteiger partial charge >= 0.3 is 6.09 Å². The first-order valence-electron chi connectivity index (χ1n) is 6.05. The molecule has 2 aromatic carbocycles. The monoisotopic (exact) mass is 257 g/mol. The maximum Gasteiger partial charge on any atom is 0.417 e. The van der Waals surface area contributed by atoms with Gasteiger partial charge in [0.1, 0.15) is 11.5 Å². The van der Waals surface area contributed by atoms with Crippen LogP contribution in [-0.2, 0) is 0 Å². The number of amides is 1. The summed E-state index contributed by atoms with van der Waals surface area (Å²) < 4.78 is 10.6. The quantitative estimate of drug-likeness (QED) is 0.908. The van der Waals surface area contributed by atoms with Gasteiger partial charge in [0.15, 0.2) is 0 Å². The molecule has 0 aliphatic rings. The Hall–Kier alpha value is -2.49. The zero-order valence-electron chi connectivity index (χ0n) is 10.6. The van der Waals surface area contributed by atoms with Crippen molar-refractivity contribution in [3.8, 4) is 11.5 Å². The second-order valence-electron chi connectivity index (χ2n) is 3.76. The molecule has 2 aromatic rings. The molecule has 0 radical (unpaired) electrons. The number of hydrogen-bond donors (Lipinski definition) is 1. The zero-order valence-corrected chi connectivity index (χ0v) is 10.6. The van der Waals surface area contributed by atoms with Crippen molar-refractivity contribution in [1.82, 2.24) is 0 Å². The summed E-state index contributed by atoms with van der Waals surface area (Å²) in [5, 5.41) is 2.66. The average Bonchev–Trinajstić information content (AvgIpc) is 2.42. The van der Waals surface area contributed by atoms with Gasteiger partial charge in [-0.2, -0.15) is 0 Å². The third-order valence-electron chi connectivity index (χ3n) is 2.38. The van der Waals surface area contributed by atoms with E-state index in [9.17, 15) is 4.79 Å². The summed E-state index contributed by atoms with van der Waals surface area (Å²) in [5.74, 6) is 1.11. The Morgan fingerprint density at radius 1 is 1.05 bits per heavy atom. The van der Waals surface area contributed by atoms with Gasteiger partial charge in [0.05, 0.1) is 12.3 Å². The van der Waals surface area contributed by atoms with Gasteiger partial charge in [-0.3, -0.25) is 5.32 Å². The summed E-state index contributed by atoms with van der Waals surface area (Å²) in [7, 11) is 0. The number of hydrogen-bond acceptors (Lipinski definition) is 3. The average molecular weight is 257 g/mol. The summed E-state index contributed by atoms with van der Waals surface area (Å²) in [6.45, 7) is 2.42. The van der Waals surface area contributed by atoms with E-state index in [2.05, 4.69) is 5.32 Å². The van der Waals surface area contributed by atoms with Crippen LogP contribution in [0.1, 0.15) is 6.92 Å². The lowest BCUT2D eigenvalue weighted by Crippen LogP contribution is -2.17. The number of anilines is 1. The van der Waals surface area contributed by atoms with Crippen molar-refractivity contribution in [2.24, 2.45) is 0 Å². The van der Waals surface area contributed by atoms with E-state index >= 15 is 0 Å². The molecule has 2 rings (SSSR count). The molecule has 1 N–H and O–H groups in total. The first-order valence-corrected chi connectivity index (χ1v) is 6.05. The lowest BCUT2D eigenvalue weighted by molar-refractivity contribution is 0.215. The predicted molar refractivity (Wildman–Crippen MR) is 73.7 cm³/mol. The van der Waals surface area contributed by atoms with Crippen molar-refractivity contribution in [2.45, 2.75) is 6.92 Å². The van der Waals surface area contributed by atoms with E-state index in [0.29, 0.717) is 23.8 Å². The summed E-state index contributed by atoms with van der Waals surface area (Å²) in [5.41, 5.74) is 0.588. The lowest BCUT2D eigenvalue weighted by Gasteiger charge is -2.11. The van der Waals surface area contributed by atoms with Crippen molar-refractivity contribution >= 4 is 11.8 Å². The second kappa shape index (κ2) is 6.44. The van der Waals surface area contributed by atoms with Gasteiger partial charge in [-0.15, -0.1) is 0 Å². The molecule has 0 saturated heterocycles. The van der Waals surface area contributed by atoms with Crippen LogP contribution in [0.25, 0.3) is 0 Å². The Morgan fingerprint density at radius 3 is 2.47 bits per heavy atom. The van der Waals surface area contributed by atoms with Crippen LogP contribution in [-0.4, -0.2) is 12.7 Å². The highest BCUT2D eigenvalue weighted by Gasteiger charge is 2.08. The lowest BCUT2D eigenvalue weighted by atomic mass is 10.3. The normalized spacial score (nSPS) is 9.74. The van der Waals surface area contributed by atoms with Crippen LogP contribution < -0.4 is 14.8 Å². The van der Waals surface area contributed by atoms with Crippen molar-refractivity contribution in [2.75, 3.05) is 11.9 Å². The summed E-state index contributed by atoms with van der Waals surface area (Å²) in [4.78, 5) is 11.7. The molecule has 0 aliphatic carbocycles. The van der Waals surface area contributed by atoms with Gasteiger partial charge in [0.25, 0.3) is 0 Å². The van der Waals surface area contributed by atoms with Crippen molar-refractivity contribution < 1.29 is 14.3 Å². The van der Waals surface area contributed by atoms with Crippen LogP contribution in [0.5, 0.6) is 11.5 Å². The highest BCUT2D eigenvalue weighted by atomic mass is 16.6. The van der Waals surface area contributed by atoms with Gasteiger partial charge in [0, 0.05) is 0 Å². The third-order valence-corrected chi connectivity index (χ3v) is 2.38. The first-order chi connectivity index (χ1) is 9.29. The molecule has 0 unspecified atom stereocenters. The Morgan fingerprint density at radius 2 is 1.74 bits per heavy atom. The largest absolute Gasteiger partial charge is 0.492 e. The number of nitrogens with one attached hydrogen (secondary N) is 1. The Bertz CT molecular complexity index is 540. The van der Waals surface area contributed by atoms with Crippen LogP contribution in [0.15, 0.2) is 54.6 Å². The van der Waals surface area contributed by atoms with E-state index in [0.717, 1.165) is 0 Å². The highest BCUT2D eigenvalue weighted by molar-refractivity contribution is 5.88. The van der Waals surface area contributed by atoms with Crippen LogP contribution in [0.3, 0.4) is 0 Å². The standard InChI is InChI=1S/C15H15NO3/c1-2-18-14-11-7-6-10-13(14)16-15(17)19-12-8-4-3-5-9-12/h3-11H,2H2,1H3,(H,16,17). The molecular weight excluding hydrogens is 242 g/mol. The topological polar surface area (TPSA) is 47.6 Å². The summed E-state index contributed by atoms with van der Waals surface area (Å²) >= 11 is 0. The fraction of sp³-hybridized carbons (Fsp3) is 0.133. The first kappa shape index (κ1) is 13.0. The van der Waals surface area contributed by atoms with Crippen molar-refractivity contribution in [3.05, 3.63) is 54.6 Å². The molecule has 0 heterocycles. The molecule has 0 aliphatic heterocycles. The van der Waals surface area contributed by atoms with Gasteiger partial charge < -0.3 is 9.47 Å². The van der Waals surface area contributed by atoms with Crippen LogP contribution in [0, 0.1) is 0 Å². The van der Waals surface area contributed by atoms with E-state index in [-0.39, 0.29) is 0 Å². The third kappa shape index (κ3) is 3.74. The molecule has 0 fully saturated rings. The van der Waals surface area contributed by atoms with E-state index < -0.39 is 6.09 Å². The van der Waals surface area contributed by atoms with Gasteiger partial charge in [-0.1, -0.05) is 30.3 Å². The highest BCUT2D eigenvalue weighted by Crippen LogP contribution is 2.24. The SMILES string of the molecule is CCOc1ccccc1NC(=O)Oc1ccccc1. The van der Waals surface area contributed by atoms with Gasteiger partial charge in [0.2, 0.25) is 0 Å². The van der Waals surface area contributed by atoms with E-state index in [1.54, 1.807) is 36.4 Å². The minimum absolute atomic E-state index is 0.494. The van der Waals surface area contributed by atoms with Gasteiger partial charge in [-0.25, -0.2) is 4.79 Å². The maximum absolute atomic E-state index is 11.7. The molecule has 98 valence electrons. The zero-order chi connectivity index (χ0) is 13.5. The fourth-order valence-electron chi connectivity index (χ4n) is 1.58. The molecule has 19 heavy (non-hydrogen) atoms. The number of ether oxygens (including phenoxy) is 2. The van der Waals surface area contributed by atoms with E-state index in [4.69, 9.17) is 9.47 Å². The predicted octanol–water partition coefficient (Wildman–Crippen LogP) is 3.70. The van der Waals surface area contributed by atoms with Crippen LogP contribution in [0.4, 0.5) is 10.5 Å². The number of para-hydroxylation sites is 3. The molecule has 0 spiro atoms. The Kier molecular flexibility index (Phi) is 4.39. The number of rotatable bonds is 4. The smallest absolute Gasteiger partial charge is 0.417 e. The second-order valence-corrected chi connectivity index (χ2v) is 3.76. The molecular formula is C15H15NO3. The maximum atomic E-state index is 11.7. The summed E-state index contributed by atoms with van der Waals surface area (Å²) in [6, 6.07) is 16.1. The minimum atomic E-state index is -0.543. The van der Waals surface area contributed by atoms with Gasteiger partial charge in [-0.05, 0) is 31.2 Å². The molecule has 0 bridgehead atoms. The van der Waals surface area contributed by atoms with E-state index in [1.165, 1.54) is 0 Å². The fourth-order valence-corrected chi connectivity index (χ4v) is 1.58. The minimum Gasteiger partial charge on any atom is -0.492 e. The Labute approximate surface area is 112 Å². The molecule has 0 atom stereocenters. The molecule has 4 nitrogen and oxygen atoms in total. The van der Waals surface area contributed by atoms with Crippen LogP contribution >= 0.6 is 0 Å². The number of carbonyl (C=O) groups excluding carboxylic acids is 1. The van der Waals surface area contributed by atoms with Crippen molar-refractivity contribution in [1.29, 1.82) is 0 Å². The summed E-state index contributed by atoms with van der Waals surface area (Å²) in [6.07, 6.45) is -0.543. The number of benzene rings is 2.